The van der Waals surface area contributed by atoms with Crippen LogP contribution < -0.4 is 5.32 Å². The number of nitrogens with one attached hydrogen (secondary N) is 1. The van der Waals surface area contributed by atoms with Gasteiger partial charge in [-0.25, -0.2) is 4.79 Å². The number of amides is 1. The first kappa shape index (κ1) is 16.4. The van der Waals surface area contributed by atoms with Crippen molar-refractivity contribution >= 4 is 17.8 Å². The van der Waals surface area contributed by atoms with Crippen LogP contribution in [0.15, 0.2) is 0 Å². The van der Waals surface area contributed by atoms with E-state index in [-0.39, 0.29) is 13.0 Å². The lowest BCUT2D eigenvalue weighted by atomic mass is 9.85. The molecule has 0 saturated carbocycles. The zero-order valence-corrected chi connectivity index (χ0v) is 10.7. The Bertz CT molecular complexity index is 329. The van der Waals surface area contributed by atoms with Gasteiger partial charge in [0.1, 0.15) is 0 Å². The minimum atomic E-state index is -1.36. The Hall–Kier alpha value is -1.63. The van der Waals surface area contributed by atoms with Gasteiger partial charge in [-0.1, -0.05) is 0 Å². The number of carboxylic acid groups (broad SMARTS) is 1. The predicted molar refractivity (Wildman–Crippen MR) is 61.7 cm³/mol. The summed E-state index contributed by atoms with van der Waals surface area (Å²) in [5, 5.41) is 20.3. The largest absolute Gasteiger partial charge is 0.481 e. The van der Waals surface area contributed by atoms with E-state index in [0.29, 0.717) is 0 Å². The molecule has 1 amide bonds. The van der Waals surface area contributed by atoms with Gasteiger partial charge in [-0.15, -0.1) is 0 Å². The number of hydrogen-bond acceptors (Lipinski definition) is 5. The van der Waals surface area contributed by atoms with Gasteiger partial charge in [0.25, 0.3) is 0 Å². The van der Waals surface area contributed by atoms with Crippen LogP contribution in [-0.4, -0.2) is 47.3 Å². The van der Waals surface area contributed by atoms with Crippen molar-refractivity contribution in [1.82, 2.24) is 5.32 Å². The lowest BCUT2D eigenvalue weighted by molar-refractivity contribution is -0.155. The Labute approximate surface area is 105 Å². The maximum absolute atomic E-state index is 11.3. The molecule has 0 aromatic rings. The highest BCUT2D eigenvalue weighted by Gasteiger charge is 2.35. The van der Waals surface area contributed by atoms with Crippen molar-refractivity contribution in [3.05, 3.63) is 0 Å². The maximum Gasteiger partial charge on any atom is 0.396 e. The van der Waals surface area contributed by atoms with E-state index in [9.17, 15) is 14.4 Å². The topological polar surface area (TPSA) is 113 Å². The molecule has 0 bridgehead atoms. The van der Waals surface area contributed by atoms with E-state index in [4.69, 9.17) is 10.2 Å². The fourth-order valence-electron chi connectivity index (χ4n) is 1.43. The maximum atomic E-state index is 11.3. The highest BCUT2D eigenvalue weighted by molar-refractivity contribution is 6.32. The number of aliphatic hydroxyl groups excluding tert-OH is 1. The van der Waals surface area contributed by atoms with Crippen LogP contribution in [0.25, 0.3) is 0 Å². The summed E-state index contributed by atoms with van der Waals surface area (Å²) < 4.78 is 4.49. The first-order valence-electron chi connectivity index (χ1n) is 5.58. The van der Waals surface area contributed by atoms with Crippen LogP contribution in [0.2, 0.25) is 0 Å². The predicted octanol–water partition coefficient (Wildman–Crippen LogP) is -0.472. The van der Waals surface area contributed by atoms with Crippen molar-refractivity contribution in [2.45, 2.75) is 33.2 Å². The highest BCUT2D eigenvalue weighted by atomic mass is 16.5. The normalized spacial score (nSPS) is 15.3. The van der Waals surface area contributed by atoms with E-state index in [0.717, 1.165) is 0 Å². The lowest BCUT2D eigenvalue weighted by Crippen LogP contribution is -2.44. The number of aliphatic hydroxyl groups is 1. The van der Waals surface area contributed by atoms with Crippen LogP contribution in [0.1, 0.15) is 27.2 Å². The number of carboxylic acids is 1. The van der Waals surface area contributed by atoms with E-state index in [1.807, 2.05) is 0 Å². The van der Waals surface area contributed by atoms with Crippen molar-refractivity contribution in [3.63, 3.8) is 0 Å². The van der Waals surface area contributed by atoms with Crippen molar-refractivity contribution in [2.24, 2.45) is 5.41 Å². The molecule has 0 rings (SSSR count). The van der Waals surface area contributed by atoms with Crippen LogP contribution in [0.3, 0.4) is 0 Å². The fraction of sp³-hybridized carbons (Fsp3) is 0.727. The fourth-order valence-corrected chi connectivity index (χ4v) is 1.43. The second-order valence-corrected chi connectivity index (χ2v) is 4.32. The Kier molecular flexibility index (Phi) is 6.32. The molecular formula is C11H19NO6. The summed E-state index contributed by atoms with van der Waals surface area (Å²) in [4.78, 5) is 33.3. The first-order valence-corrected chi connectivity index (χ1v) is 5.58. The molecule has 0 aliphatic carbocycles. The number of carbonyl (C=O) groups excluding carboxylic acids is 2. The van der Waals surface area contributed by atoms with Gasteiger partial charge in [-0.2, -0.15) is 0 Å². The quantitative estimate of drug-likeness (QED) is 0.440. The standard InChI is InChI=1S/C11H19NO6/c1-4-18-9(15)8(14)12-7(2)5-11(3,6-13)10(16)17/h7,13H,4-6H2,1-3H3,(H,12,14)(H,16,17). The molecule has 0 aliphatic heterocycles. The van der Waals surface area contributed by atoms with Gasteiger partial charge < -0.3 is 20.3 Å². The average Bonchev–Trinajstić information content (AvgIpc) is 2.28. The molecular weight excluding hydrogens is 242 g/mol. The Morgan fingerprint density at radius 3 is 2.33 bits per heavy atom. The van der Waals surface area contributed by atoms with Gasteiger partial charge in [0, 0.05) is 6.04 Å². The number of aliphatic carboxylic acids is 1. The molecule has 0 aliphatic rings. The van der Waals surface area contributed by atoms with Gasteiger partial charge in [0.2, 0.25) is 0 Å². The second-order valence-electron chi connectivity index (χ2n) is 4.32. The zero-order chi connectivity index (χ0) is 14.3. The van der Waals surface area contributed by atoms with Crippen LogP contribution in [0.4, 0.5) is 0 Å². The van der Waals surface area contributed by atoms with Gasteiger partial charge in [-0.3, -0.25) is 9.59 Å². The van der Waals surface area contributed by atoms with Gasteiger partial charge >= 0.3 is 17.8 Å². The van der Waals surface area contributed by atoms with E-state index in [1.165, 1.54) is 6.92 Å². The minimum absolute atomic E-state index is 0.00395. The van der Waals surface area contributed by atoms with Crippen LogP contribution >= 0.6 is 0 Å². The molecule has 2 atom stereocenters. The molecule has 0 spiro atoms. The molecule has 0 fully saturated rings. The summed E-state index contributed by atoms with van der Waals surface area (Å²) in [6, 6.07) is -0.574. The summed E-state index contributed by atoms with van der Waals surface area (Å²) in [6.07, 6.45) is 0.00395. The van der Waals surface area contributed by atoms with Crippen molar-refractivity contribution < 1.29 is 29.3 Å². The molecule has 2 unspecified atom stereocenters. The van der Waals surface area contributed by atoms with Gasteiger partial charge in [-0.05, 0) is 27.2 Å². The zero-order valence-electron chi connectivity index (χ0n) is 10.7. The lowest BCUT2D eigenvalue weighted by Gasteiger charge is -2.25. The van der Waals surface area contributed by atoms with Crippen LogP contribution in [0.5, 0.6) is 0 Å². The summed E-state index contributed by atoms with van der Waals surface area (Å²) >= 11 is 0. The van der Waals surface area contributed by atoms with Gasteiger partial charge in [0.05, 0.1) is 18.6 Å². The number of carbonyl (C=O) groups is 3. The second kappa shape index (κ2) is 6.95. The summed E-state index contributed by atoms with van der Waals surface area (Å²) in [5.74, 6) is -3.09. The van der Waals surface area contributed by atoms with Crippen molar-refractivity contribution in [3.8, 4) is 0 Å². The molecule has 7 heteroatoms. The molecule has 0 aromatic heterocycles. The molecule has 0 saturated heterocycles. The third kappa shape index (κ3) is 4.70. The Morgan fingerprint density at radius 1 is 1.39 bits per heavy atom. The first-order chi connectivity index (χ1) is 8.26. The molecule has 104 valence electrons. The number of esters is 1. The minimum Gasteiger partial charge on any atom is -0.481 e. The number of rotatable bonds is 6. The van der Waals surface area contributed by atoms with Crippen LogP contribution in [-0.2, 0) is 19.1 Å². The summed E-state index contributed by atoms with van der Waals surface area (Å²) in [5.41, 5.74) is -1.36. The molecule has 18 heavy (non-hydrogen) atoms. The van der Waals surface area contributed by atoms with Crippen molar-refractivity contribution in [1.29, 1.82) is 0 Å². The van der Waals surface area contributed by atoms with Crippen LogP contribution in [0, 0.1) is 5.41 Å². The summed E-state index contributed by atoms with van der Waals surface area (Å²) in [7, 11) is 0. The van der Waals surface area contributed by atoms with Gasteiger partial charge in [0.15, 0.2) is 0 Å². The van der Waals surface area contributed by atoms with Crippen molar-refractivity contribution in [2.75, 3.05) is 13.2 Å². The van der Waals surface area contributed by atoms with E-state index < -0.39 is 35.9 Å². The number of hydrogen-bond donors (Lipinski definition) is 3. The molecule has 0 radical (unpaired) electrons. The third-order valence-corrected chi connectivity index (χ3v) is 2.46. The summed E-state index contributed by atoms with van der Waals surface area (Å²) in [6.45, 7) is 4.02. The Morgan fingerprint density at radius 2 is 1.94 bits per heavy atom. The molecule has 7 nitrogen and oxygen atoms in total. The third-order valence-electron chi connectivity index (χ3n) is 2.46. The average molecular weight is 261 g/mol. The molecule has 3 N–H and O–H groups in total. The van der Waals surface area contributed by atoms with E-state index in [2.05, 4.69) is 10.1 Å². The SMILES string of the molecule is CCOC(=O)C(=O)NC(C)CC(C)(CO)C(=O)O. The van der Waals surface area contributed by atoms with E-state index >= 15 is 0 Å². The molecule has 0 aromatic carbocycles. The smallest absolute Gasteiger partial charge is 0.396 e. The molecule has 0 heterocycles. The van der Waals surface area contributed by atoms with E-state index in [1.54, 1.807) is 13.8 Å². The monoisotopic (exact) mass is 261 g/mol. The highest BCUT2D eigenvalue weighted by Crippen LogP contribution is 2.22. The Balaban J connectivity index is 4.42. The number of ether oxygens (including phenoxy) is 1.